The van der Waals surface area contributed by atoms with Crippen LogP contribution in [0.2, 0.25) is 5.02 Å². The molecule has 0 aliphatic heterocycles. The molecule has 0 saturated carbocycles. The number of ether oxygens (including phenoxy) is 1. The molecule has 0 spiro atoms. The average Bonchev–Trinajstić information content (AvgIpc) is 3.02. The van der Waals surface area contributed by atoms with Gasteiger partial charge in [0.25, 0.3) is 10.0 Å². The molecule has 0 radical (unpaired) electrons. The van der Waals surface area contributed by atoms with E-state index in [9.17, 15) is 18.0 Å². The van der Waals surface area contributed by atoms with Gasteiger partial charge in [0, 0.05) is 23.5 Å². The highest BCUT2D eigenvalue weighted by Crippen LogP contribution is 2.32. The molecule has 0 bridgehead atoms. The molecule has 8 nitrogen and oxygen atoms in total. The number of hydrogen-bond acceptors (Lipinski definition) is 5. The molecule has 0 aliphatic rings. The summed E-state index contributed by atoms with van der Waals surface area (Å²) in [6, 6.07) is 29.9. The molecular weight excluding hydrogens is 610 g/mol. The summed E-state index contributed by atoms with van der Waals surface area (Å²) in [6.45, 7) is 5.05. The minimum Gasteiger partial charge on any atom is -0.495 e. The highest BCUT2D eigenvalue weighted by Gasteiger charge is 2.36. The van der Waals surface area contributed by atoms with Crippen molar-refractivity contribution in [3.63, 3.8) is 0 Å². The lowest BCUT2D eigenvalue weighted by molar-refractivity contribution is -0.140. The number of carbonyl (C=O) groups is 2. The molecule has 0 aromatic heterocycles. The van der Waals surface area contributed by atoms with Crippen molar-refractivity contribution < 1.29 is 22.7 Å². The second-order valence-corrected chi connectivity index (χ2v) is 13.9. The van der Waals surface area contributed by atoms with Crippen LogP contribution >= 0.6 is 11.6 Å². The van der Waals surface area contributed by atoms with Gasteiger partial charge in [0.05, 0.1) is 17.7 Å². The number of rotatable bonds is 12. The molecule has 4 aromatic carbocycles. The summed E-state index contributed by atoms with van der Waals surface area (Å²) in [5, 5.41) is 3.55. The lowest BCUT2D eigenvalue weighted by atomic mass is 10.0. The number of anilines is 1. The first-order chi connectivity index (χ1) is 21.4. The van der Waals surface area contributed by atoms with E-state index < -0.39 is 34.1 Å². The van der Waals surface area contributed by atoms with Crippen molar-refractivity contribution in [2.24, 2.45) is 0 Å². The molecule has 236 valence electrons. The summed E-state index contributed by atoms with van der Waals surface area (Å²) < 4.78 is 34.8. The standard InChI is InChI=1S/C35H38ClN3O5S/c1-35(2,3)37-34(41)31(23-26-13-7-5-8-14-26)38(24-27-19-21-28(36)22-20-27)33(40)25-39(30-17-11-12-18-32(30)44-4)45(42,43)29-15-9-6-10-16-29/h5-22,31H,23-25H2,1-4H3,(H,37,41)/t31-/m1/s1. The minimum absolute atomic E-state index is 0.0132. The number of methoxy groups -OCH3 is 1. The van der Waals surface area contributed by atoms with Gasteiger partial charge in [-0.15, -0.1) is 0 Å². The summed E-state index contributed by atoms with van der Waals surface area (Å²) in [7, 11) is -2.80. The first kappa shape index (κ1) is 33.6. The number of para-hydroxylation sites is 2. The van der Waals surface area contributed by atoms with Crippen LogP contribution in [0, 0.1) is 0 Å². The number of amides is 2. The highest BCUT2D eigenvalue weighted by molar-refractivity contribution is 7.92. The molecule has 1 atom stereocenters. The van der Waals surface area contributed by atoms with Crippen LogP contribution in [0.1, 0.15) is 31.9 Å². The van der Waals surface area contributed by atoms with Crippen molar-refractivity contribution in [1.82, 2.24) is 10.2 Å². The molecule has 0 saturated heterocycles. The third kappa shape index (κ3) is 8.86. The normalized spacial score (nSPS) is 12.2. The van der Waals surface area contributed by atoms with Gasteiger partial charge in [0.15, 0.2) is 0 Å². The molecule has 0 unspecified atom stereocenters. The Labute approximate surface area is 270 Å². The van der Waals surface area contributed by atoms with Gasteiger partial charge in [-0.3, -0.25) is 13.9 Å². The van der Waals surface area contributed by atoms with Crippen molar-refractivity contribution in [3.8, 4) is 5.75 Å². The second kappa shape index (κ2) is 14.6. The van der Waals surface area contributed by atoms with Gasteiger partial charge in [-0.2, -0.15) is 0 Å². The smallest absolute Gasteiger partial charge is 0.264 e. The molecule has 10 heteroatoms. The Morgan fingerprint density at radius 1 is 0.822 bits per heavy atom. The maximum atomic E-state index is 14.6. The Morgan fingerprint density at radius 3 is 2.00 bits per heavy atom. The molecule has 2 amide bonds. The zero-order chi connectivity index (χ0) is 32.6. The van der Waals surface area contributed by atoms with E-state index in [4.69, 9.17) is 16.3 Å². The fourth-order valence-corrected chi connectivity index (χ4v) is 6.43. The number of carbonyl (C=O) groups excluding carboxylic acids is 2. The fourth-order valence-electron chi connectivity index (χ4n) is 4.86. The van der Waals surface area contributed by atoms with Crippen LogP contribution in [0.25, 0.3) is 0 Å². The van der Waals surface area contributed by atoms with E-state index >= 15 is 0 Å². The Kier molecular flexibility index (Phi) is 10.9. The maximum Gasteiger partial charge on any atom is 0.264 e. The first-order valence-electron chi connectivity index (χ1n) is 14.5. The summed E-state index contributed by atoms with van der Waals surface area (Å²) >= 11 is 6.15. The lowest BCUT2D eigenvalue weighted by Crippen LogP contribution is -2.56. The van der Waals surface area contributed by atoms with Gasteiger partial charge < -0.3 is 15.0 Å². The molecular formula is C35H38ClN3O5S. The number of benzene rings is 4. The second-order valence-electron chi connectivity index (χ2n) is 11.6. The number of hydrogen-bond donors (Lipinski definition) is 1. The molecule has 0 heterocycles. The van der Waals surface area contributed by atoms with Crippen LogP contribution < -0.4 is 14.4 Å². The van der Waals surface area contributed by atoms with E-state index in [0.29, 0.717) is 5.02 Å². The van der Waals surface area contributed by atoms with Crippen LogP contribution in [0.3, 0.4) is 0 Å². The van der Waals surface area contributed by atoms with Crippen molar-refractivity contribution in [1.29, 1.82) is 0 Å². The van der Waals surface area contributed by atoms with E-state index in [-0.39, 0.29) is 35.2 Å². The summed E-state index contributed by atoms with van der Waals surface area (Å²) in [5.74, 6) is -0.649. The quantitative estimate of drug-likeness (QED) is 0.201. The first-order valence-corrected chi connectivity index (χ1v) is 16.3. The molecule has 4 rings (SSSR count). The van der Waals surface area contributed by atoms with Gasteiger partial charge >= 0.3 is 0 Å². The molecule has 45 heavy (non-hydrogen) atoms. The van der Waals surface area contributed by atoms with E-state index in [0.717, 1.165) is 15.4 Å². The van der Waals surface area contributed by atoms with Gasteiger partial charge in [-0.25, -0.2) is 8.42 Å². The maximum absolute atomic E-state index is 14.6. The van der Waals surface area contributed by atoms with E-state index in [1.807, 2.05) is 51.1 Å². The molecule has 1 N–H and O–H groups in total. The zero-order valence-electron chi connectivity index (χ0n) is 25.8. The van der Waals surface area contributed by atoms with Crippen LogP contribution in [-0.2, 0) is 32.6 Å². The van der Waals surface area contributed by atoms with Crippen LogP contribution in [0.4, 0.5) is 5.69 Å². The van der Waals surface area contributed by atoms with Gasteiger partial charge in [0.1, 0.15) is 18.3 Å². The summed E-state index contributed by atoms with van der Waals surface area (Å²) in [6.07, 6.45) is 0.210. The Morgan fingerprint density at radius 2 is 1.40 bits per heavy atom. The predicted octanol–water partition coefficient (Wildman–Crippen LogP) is 6.10. The molecule has 4 aromatic rings. The van der Waals surface area contributed by atoms with Crippen LogP contribution in [-0.4, -0.2) is 50.4 Å². The van der Waals surface area contributed by atoms with Crippen LogP contribution in [0.15, 0.2) is 114 Å². The van der Waals surface area contributed by atoms with E-state index in [1.54, 1.807) is 66.7 Å². The third-order valence-electron chi connectivity index (χ3n) is 7.00. The Bertz CT molecular complexity index is 1690. The summed E-state index contributed by atoms with van der Waals surface area (Å²) in [5.41, 5.74) is 1.19. The van der Waals surface area contributed by atoms with Crippen molar-refractivity contribution >= 4 is 39.1 Å². The minimum atomic E-state index is -4.24. The molecule has 0 aliphatic carbocycles. The number of nitrogens with zero attached hydrogens (tertiary/aromatic N) is 2. The zero-order valence-corrected chi connectivity index (χ0v) is 27.4. The predicted molar refractivity (Wildman–Crippen MR) is 178 cm³/mol. The average molecular weight is 648 g/mol. The van der Waals surface area contributed by atoms with Gasteiger partial charge in [0.2, 0.25) is 11.8 Å². The third-order valence-corrected chi connectivity index (χ3v) is 9.03. The fraction of sp³-hybridized carbons (Fsp3) is 0.257. The number of sulfonamides is 1. The van der Waals surface area contributed by atoms with Crippen molar-refractivity contribution in [3.05, 3.63) is 125 Å². The van der Waals surface area contributed by atoms with Crippen molar-refractivity contribution in [2.75, 3.05) is 18.0 Å². The SMILES string of the molecule is COc1ccccc1N(CC(=O)N(Cc1ccc(Cl)cc1)[C@H](Cc1ccccc1)C(=O)NC(C)(C)C)S(=O)(=O)c1ccccc1. The van der Waals surface area contributed by atoms with Gasteiger partial charge in [-0.1, -0.05) is 84.4 Å². The monoisotopic (exact) mass is 647 g/mol. The molecule has 0 fully saturated rings. The number of halogens is 1. The van der Waals surface area contributed by atoms with Crippen molar-refractivity contribution in [2.45, 2.75) is 50.2 Å². The largest absolute Gasteiger partial charge is 0.495 e. The lowest BCUT2D eigenvalue weighted by Gasteiger charge is -2.35. The van der Waals surface area contributed by atoms with E-state index in [1.165, 1.54) is 24.1 Å². The topological polar surface area (TPSA) is 96.0 Å². The van der Waals surface area contributed by atoms with E-state index in [2.05, 4.69) is 5.32 Å². The van der Waals surface area contributed by atoms with Crippen LogP contribution in [0.5, 0.6) is 5.75 Å². The number of nitrogens with one attached hydrogen (secondary N) is 1. The highest BCUT2D eigenvalue weighted by atomic mass is 35.5. The van der Waals surface area contributed by atoms with Gasteiger partial charge in [-0.05, 0) is 68.3 Å². The summed E-state index contributed by atoms with van der Waals surface area (Å²) in [4.78, 5) is 30.0. The Hall–Kier alpha value is -4.34. The Balaban J connectivity index is 1.83.